The highest BCUT2D eigenvalue weighted by Crippen LogP contribution is 2.22. The van der Waals surface area contributed by atoms with Gasteiger partial charge < -0.3 is 19.3 Å². The van der Waals surface area contributed by atoms with Crippen molar-refractivity contribution in [2.24, 2.45) is 5.92 Å². The maximum atomic E-state index is 12.8. The first-order chi connectivity index (χ1) is 13.7. The zero-order chi connectivity index (χ0) is 20.2. The van der Waals surface area contributed by atoms with E-state index in [2.05, 4.69) is 30.3 Å². The molecular formula is C22H31N3O3. The van der Waals surface area contributed by atoms with Gasteiger partial charge in [0.15, 0.2) is 0 Å². The summed E-state index contributed by atoms with van der Waals surface area (Å²) < 4.78 is 10.2. The van der Waals surface area contributed by atoms with Crippen molar-refractivity contribution in [3.63, 3.8) is 0 Å². The number of likely N-dealkylation sites (tertiary alicyclic amines) is 1. The van der Waals surface area contributed by atoms with E-state index in [1.165, 1.54) is 5.56 Å². The van der Waals surface area contributed by atoms with Crippen LogP contribution in [0.5, 0.6) is 0 Å². The van der Waals surface area contributed by atoms with E-state index in [9.17, 15) is 10.1 Å². The number of hydrogen-bond acceptors (Lipinski definition) is 5. The number of nitriles is 1. The molecule has 0 bridgehead atoms. The molecular weight excluding hydrogens is 354 g/mol. The van der Waals surface area contributed by atoms with Crippen molar-refractivity contribution in [1.82, 2.24) is 9.80 Å². The number of hydrogen-bond donors (Lipinski definition) is 0. The van der Waals surface area contributed by atoms with Crippen LogP contribution in [-0.4, -0.2) is 69.3 Å². The maximum absolute atomic E-state index is 12.8. The Morgan fingerprint density at radius 2 is 1.79 bits per heavy atom. The third kappa shape index (κ3) is 6.99. The van der Waals surface area contributed by atoms with Gasteiger partial charge in [0.05, 0.1) is 13.2 Å². The van der Waals surface area contributed by atoms with E-state index < -0.39 is 0 Å². The lowest BCUT2D eigenvalue weighted by Gasteiger charge is -2.32. The SMILES string of the molecule is COCCN(/C=C(/C#N)C(=O)N1CCC(Cc2ccccc2)CC1)CCOC. The zero-order valence-corrected chi connectivity index (χ0v) is 17.0. The molecule has 0 N–H and O–H groups in total. The van der Waals surface area contributed by atoms with Crippen molar-refractivity contribution in [3.05, 3.63) is 47.7 Å². The highest BCUT2D eigenvalue weighted by molar-refractivity contribution is 5.97. The zero-order valence-electron chi connectivity index (χ0n) is 17.0. The molecule has 0 atom stereocenters. The first-order valence-electron chi connectivity index (χ1n) is 9.85. The predicted octanol–water partition coefficient (Wildman–Crippen LogP) is 2.47. The maximum Gasteiger partial charge on any atom is 0.266 e. The molecule has 0 spiro atoms. The normalized spacial score (nSPS) is 15.3. The van der Waals surface area contributed by atoms with E-state index in [0.29, 0.717) is 45.3 Å². The fourth-order valence-electron chi connectivity index (χ4n) is 3.43. The summed E-state index contributed by atoms with van der Waals surface area (Å²) in [4.78, 5) is 16.5. The van der Waals surface area contributed by atoms with Crippen LogP contribution >= 0.6 is 0 Å². The van der Waals surface area contributed by atoms with Gasteiger partial charge in [0, 0.05) is 46.6 Å². The lowest BCUT2D eigenvalue weighted by Crippen LogP contribution is -2.40. The second-order valence-corrected chi connectivity index (χ2v) is 7.10. The molecule has 1 aromatic carbocycles. The largest absolute Gasteiger partial charge is 0.383 e. The van der Waals surface area contributed by atoms with Crippen LogP contribution in [0.3, 0.4) is 0 Å². The smallest absolute Gasteiger partial charge is 0.266 e. The van der Waals surface area contributed by atoms with Gasteiger partial charge in [0.1, 0.15) is 11.6 Å². The molecule has 6 nitrogen and oxygen atoms in total. The van der Waals surface area contributed by atoms with Gasteiger partial charge in [0.2, 0.25) is 0 Å². The van der Waals surface area contributed by atoms with Gasteiger partial charge in [0.25, 0.3) is 5.91 Å². The van der Waals surface area contributed by atoms with Gasteiger partial charge in [-0.15, -0.1) is 0 Å². The summed E-state index contributed by atoms with van der Waals surface area (Å²) in [7, 11) is 3.27. The number of benzene rings is 1. The molecule has 2 rings (SSSR count). The summed E-state index contributed by atoms with van der Waals surface area (Å²) in [5.74, 6) is 0.404. The van der Waals surface area contributed by atoms with Crippen LogP contribution in [0.2, 0.25) is 0 Å². The molecule has 1 fully saturated rings. The molecule has 0 radical (unpaired) electrons. The van der Waals surface area contributed by atoms with Gasteiger partial charge in [-0.25, -0.2) is 0 Å². The first-order valence-corrected chi connectivity index (χ1v) is 9.85. The van der Waals surface area contributed by atoms with Crippen LogP contribution in [0.1, 0.15) is 18.4 Å². The third-order valence-corrected chi connectivity index (χ3v) is 5.10. The van der Waals surface area contributed by atoms with Crippen LogP contribution in [0.25, 0.3) is 0 Å². The molecule has 1 aromatic rings. The standard InChI is InChI=1S/C22H31N3O3/c1-27-14-12-24(13-15-28-2)18-21(17-23)22(26)25-10-8-20(9-11-25)16-19-6-4-3-5-7-19/h3-7,18,20H,8-16H2,1-2H3/b21-18-. The van der Waals surface area contributed by atoms with E-state index >= 15 is 0 Å². The Morgan fingerprint density at radius 3 is 2.32 bits per heavy atom. The van der Waals surface area contributed by atoms with Gasteiger partial charge in [-0.05, 0) is 30.7 Å². The molecule has 6 heteroatoms. The number of methoxy groups -OCH3 is 2. The topological polar surface area (TPSA) is 65.8 Å². The van der Waals surface area contributed by atoms with Gasteiger partial charge in [-0.2, -0.15) is 5.26 Å². The monoisotopic (exact) mass is 385 g/mol. The van der Waals surface area contributed by atoms with Crippen molar-refractivity contribution in [1.29, 1.82) is 5.26 Å². The number of nitrogens with zero attached hydrogens (tertiary/aromatic N) is 3. The molecule has 1 heterocycles. The molecule has 1 amide bonds. The Kier molecular flexibility index (Phi) is 9.53. The molecule has 0 aliphatic carbocycles. The molecule has 152 valence electrons. The van der Waals surface area contributed by atoms with E-state index in [-0.39, 0.29) is 11.5 Å². The molecule has 1 aliphatic rings. The van der Waals surface area contributed by atoms with E-state index in [1.807, 2.05) is 11.0 Å². The summed E-state index contributed by atoms with van der Waals surface area (Å²) in [6.45, 7) is 3.67. The van der Waals surface area contributed by atoms with Crippen molar-refractivity contribution in [2.45, 2.75) is 19.3 Å². The van der Waals surface area contributed by atoms with Crippen molar-refractivity contribution in [2.75, 3.05) is 53.6 Å². The first kappa shape index (κ1) is 21.9. The lowest BCUT2D eigenvalue weighted by molar-refractivity contribution is -0.128. The van der Waals surface area contributed by atoms with Crippen LogP contribution < -0.4 is 0 Å². The van der Waals surface area contributed by atoms with Crippen LogP contribution in [0.15, 0.2) is 42.1 Å². The Morgan fingerprint density at radius 1 is 1.18 bits per heavy atom. The highest BCUT2D eigenvalue weighted by atomic mass is 16.5. The van der Waals surface area contributed by atoms with E-state index in [0.717, 1.165) is 19.3 Å². The van der Waals surface area contributed by atoms with Crippen molar-refractivity contribution in [3.8, 4) is 6.07 Å². The summed E-state index contributed by atoms with van der Waals surface area (Å²) in [5, 5.41) is 9.52. The Bertz CT molecular complexity index is 653. The Balaban J connectivity index is 1.92. The fourth-order valence-corrected chi connectivity index (χ4v) is 3.43. The fraction of sp³-hybridized carbons (Fsp3) is 0.545. The lowest BCUT2D eigenvalue weighted by atomic mass is 9.90. The van der Waals surface area contributed by atoms with Gasteiger partial charge in [-0.1, -0.05) is 30.3 Å². The predicted molar refractivity (Wildman–Crippen MR) is 108 cm³/mol. The molecule has 1 aliphatic heterocycles. The molecule has 0 unspecified atom stereocenters. The summed E-state index contributed by atoms with van der Waals surface area (Å²) in [6.07, 6.45) is 4.63. The summed E-state index contributed by atoms with van der Waals surface area (Å²) >= 11 is 0. The number of piperidine rings is 1. The Labute approximate surface area is 168 Å². The minimum Gasteiger partial charge on any atom is -0.383 e. The average molecular weight is 386 g/mol. The summed E-state index contributed by atoms with van der Waals surface area (Å²) in [5.41, 5.74) is 1.52. The van der Waals surface area contributed by atoms with E-state index in [4.69, 9.17) is 9.47 Å². The number of amides is 1. The molecule has 1 saturated heterocycles. The second-order valence-electron chi connectivity index (χ2n) is 7.10. The molecule has 28 heavy (non-hydrogen) atoms. The molecule has 0 aromatic heterocycles. The van der Waals surface area contributed by atoms with Gasteiger partial charge >= 0.3 is 0 Å². The van der Waals surface area contributed by atoms with Crippen LogP contribution in [-0.2, 0) is 20.7 Å². The van der Waals surface area contributed by atoms with Crippen molar-refractivity contribution >= 4 is 5.91 Å². The number of carbonyl (C=O) groups excluding carboxylic acids is 1. The third-order valence-electron chi connectivity index (χ3n) is 5.10. The van der Waals surface area contributed by atoms with Gasteiger partial charge in [-0.3, -0.25) is 4.79 Å². The minimum absolute atomic E-state index is 0.175. The van der Waals surface area contributed by atoms with Crippen molar-refractivity contribution < 1.29 is 14.3 Å². The number of rotatable bonds is 10. The average Bonchev–Trinajstić information content (AvgIpc) is 2.74. The number of carbonyl (C=O) groups is 1. The molecule has 0 saturated carbocycles. The minimum atomic E-state index is -0.180. The van der Waals surface area contributed by atoms with Crippen LogP contribution in [0.4, 0.5) is 0 Å². The second kappa shape index (κ2) is 12.2. The number of ether oxygens (including phenoxy) is 2. The quantitative estimate of drug-likeness (QED) is 0.457. The highest BCUT2D eigenvalue weighted by Gasteiger charge is 2.25. The van der Waals surface area contributed by atoms with Crippen LogP contribution in [0, 0.1) is 17.2 Å². The van der Waals surface area contributed by atoms with E-state index in [1.54, 1.807) is 25.3 Å². The summed E-state index contributed by atoms with van der Waals surface area (Å²) in [6, 6.07) is 12.6. The Hall–Kier alpha value is -2.36.